The number of para-hydroxylation sites is 4. The summed E-state index contributed by atoms with van der Waals surface area (Å²) in [5.74, 6) is 0. The van der Waals surface area contributed by atoms with E-state index in [2.05, 4.69) is 164 Å². The lowest BCUT2D eigenvalue weighted by atomic mass is 9.96. The molecule has 0 saturated heterocycles. The van der Waals surface area contributed by atoms with Gasteiger partial charge in [0.25, 0.3) is 0 Å². The first-order valence-corrected chi connectivity index (χ1v) is 24.3. The summed E-state index contributed by atoms with van der Waals surface area (Å²) < 4.78 is 11.2. The molecule has 0 unspecified atom stereocenters. The van der Waals surface area contributed by atoms with Crippen LogP contribution in [0.25, 0.3) is 0 Å². The largest absolute Gasteiger partial charge is 0.370 e. The summed E-state index contributed by atoms with van der Waals surface area (Å²) in [5, 5.41) is 0. The quantitative estimate of drug-likeness (QED) is 0.215. The predicted molar refractivity (Wildman–Crippen MR) is 203 cm³/mol. The molecule has 2 aromatic rings. The minimum atomic E-state index is -2.70. The van der Waals surface area contributed by atoms with E-state index in [-0.39, 0.29) is 26.3 Å². The molecule has 2 aromatic carbocycles. The average molecular weight is 751 g/mol. The second-order valence-corrected chi connectivity index (χ2v) is 32.5. The summed E-state index contributed by atoms with van der Waals surface area (Å²) in [6.07, 6.45) is 0. The van der Waals surface area contributed by atoms with E-state index in [4.69, 9.17) is 30.6 Å². The van der Waals surface area contributed by atoms with Crippen LogP contribution >= 0.6 is 30.6 Å². The highest BCUT2D eigenvalue weighted by Gasteiger charge is 2.74. The second-order valence-electron chi connectivity index (χ2n) is 18.4. The molecule has 0 atom stereocenters. The Morgan fingerprint density at radius 1 is 0.419 bits per heavy atom. The molecule has 2 aliphatic rings. The Kier molecular flexibility index (Phi) is 8.99. The van der Waals surface area contributed by atoms with Gasteiger partial charge >= 0.3 is 14.0 Å². The Hall–Kier alpha value is -0.966. The van der Waals surface area contributed by atoms with Crippen LogP contribution in [0, 0.1) is 21.7 Å². The Labute approximate surface area is 282 Å². The molecule has 0 amide bonds. The van der Waals surface area contributed by atoms with Crippen molar-refractivity contribution in [1.29, 1.82) is 0 Å². The predicted octanol–water partition coefficient (Wildman–Crippen LogP) is 10.8. The van der Waals surface area contributed by atoms with Crippen molar-refractivity contribution < 1.29 is 0 Å². The van der Waals surface area contributed by atoms with Crippen LogP contribution in [0.3, 0.4) is 0 Å². The number of halogens is 2. The van der Waals surface area contributed by atoms with Gasteiger partial charge in [-0.3, -0.25) is 0 Å². The molecule has 8 heteroatoms. The third-order valence-corrected chi connectivity index (χ3v) is 31.5. The van der Waals surface area contributed by atoms with E-state index in [9.17, 15) is 0 Å². The van der Waals surface area contributed by atoms with Crippen LogP contribution in [0.5, 0.6) is 0 Å². The fraction of sp³-hybridized carbons (Fsp3) is 0.657. The van der Waals surface area contributed by atoms with Gasteiger partial charge in [0.05, 0.1) is 22.7 Å². The van der Waals surface area contributed by atoms with Crippen molar-refractivity contribution in [3.8, 4) is 0 Å². The lowest BCUT2D eigenvalue weighted by molar-refractivity contribution is 0.418. The van der Waals surface area contributed by atoms with Crippen molar-refractivity contribution in [3.63, 3.8) is 0 Å². The second kappa shape index (κ2) is 11.1. The molecule has 2 heterocycles. The van der Waals surface area contributed by atoms with E-state index in [0.29, 0.717) is 0 Å². The van der Waals surface area contributed by atoms with Crippen LogP contribution in [-0.2, 0) is 0 Å². The molecular formula is C35H58Br2N4Si2. The zero-order valence-electron chi connectivity index (χ0n) is 29.5. The van der Waals surface area contributed by atoms with Gasteiger partial charge in [-0.1, -0.05) is 152 Å². The van der Waals surface area contributed by atoms with E-state index >= 15 is 0 Å². The number of anilines is 4. The zero-order valence-corrected chi connectivity index (χ0v) is 34.7. The molecule has 0 radical (unpaired) electrons. The van der Waals surface area contributed by atoms with Gasteiger partial charge in [0, 0.05) is 30.8 Å². The fourth-order valence-electron chi connectivity index (χ4n) is 6.98. The van der Waals surface area contributed by atoms with Crippen LogP contribution in [0.15, 0.2) is 48.5 Å². The highest BCUT2D eigenvalue weighted by Crippen LogP contribution is 2.66. The molecule has 0 bridgehead atoms. The molecule has 0 saturated carbocycles. The average Bonchev–Trinajstić information content (AvgIpc) is 3.19. The molecule has 240 valence electrons. The van der Waals surface area contributed by atoms with Crippen LogP contribution in [-0.4, -0.2) is 40.2 Å². The Balaban J connectivity index is 2.06. The lowest BCUT2D eigenvalue weighted by Gasteiger charge is -2.59. The van der Waals surface area contributed by atoms with Crippen LogP contribution < -0.4 is 18.3 Å². The Bertz CT molecular complexity index is 1130. The van der Waals surface area contributed by atoms with Crippen LogP contribution in [0.1, 0.15) is 96.9 Å². The summed E-state index contributed by atoms with van der Waals surface area (Å²) in [5.41, 5.74) is 6.02. The Morgan fingerprint density at radius 3 is 0.767 bits per heavy atom. The molecule has 0 spiro atoms. The third kappa shape index (κ3) is 6.37. The zero-order chi connectivity index (χ0) is 32.6. The van der Waals surface area contributed by atoms with Crippen molar-refractivity contribution in [2.24, 2.45) is 21.7 Å². The van der Waals surface area contributed by atoms with Gasteiger partial charge in [-0.2, -0.15) is 0 Å². The molecule has 0 aliphatic carbocycles. The van der Waals surface area contributed by atoms with Gasteiger partial charge in [0.1, 0.15) is 0 Å². The molecule has 0 N–H and O–H groups in total. The number of nitrogens with zero attached hydrogens (tertiary/aromatic N) is 4. The van der Waals surface area contributed by atoms with Crippen LogP contribution in [0.4, 0.5) is 22.7 Å². The molecule has 43 heavy (non-hydrogen) atoms. The fourth-order valence-corrected chi connectivity index (χ4v) is 29.4. The van der Waals surface area contributed by atoms with Gasteiger partial charge in [-0.25, -0.2) is 0 Å². The number of rotatable bonds is 6. The van der Waals surface area contributed by atoms with Crippen molar-refractivity contribution in [2.75, 3.05) is 44.4 Å². The summed E-state index contributed by atoms with van der Waals surface area (Å²) >= 11 is 9.67. The first-order valence-electron chi connectivity index (χ1n) is 16.0. The summed E-state index contributed by atoms with van der Waals surface area (Å²) in [7, 11) is -5.39. The molecule has 4 rings (SSSR count). The number of hydrogen-bond acceptors (Lipinski definition) is 4. The normalized spacial score (nSPS) is 18.8. The maximum Gasteiger partial charge on any atom is 0.346 e. The summed E-state index contributed by atoms with van der Waals surface area (Å²) in [6, 6.07) is 18.4. The number of benzene rings is 2. The third-order valence-electron chi connectivity index (χ3n) is 8.48. The molecular weight excluding hydrogens is 692 g/mol. The lowest BCUT2D eigenvalue weighted by Crippen LogP contribution is -2.78. The van der Waals surface area contributed by atoms with Gasteiger partial charge in [-0.15, -0.1) is 0 Å². The van der Waals surface area contributed by atoms with E-state index in [1.54, 1.807) is 0 Å². The highest BCUT2D eigenvalue weighted by molar-refractivity contribution is 9.28. The van der Waals surface area contributed by atoms with Gasteiger partial charge < -0.3 is 18.3 Å². The van der Waals surface area contributed by atoms with E-state index in [1.165, 1.54) is 22.7 Å². The highest BCUT2D eigenvalue weighted by atomic mass is 79.9. The number of hydrogen-bond donors (Lipinski definition) is 0. The smallest absolute Gasteiger partial charge is 0.346 e. The monoisotopic (exact) mass is 748 g/mol. The first kappa shape index (κ1) is 34.9. The first-order chi connectivity index (χ1) is 19.3. The topological polar surface area (TPSA) is 13.0 Å². The summed E-state index contributed by atoms with van der Waals surface area (Å²) in [6.45, 7) is 37.9. The van der Waals surface area contributed by atoms with Gasteiger partial charge in [0.15, 0.2) is 0 Å². The maximum absolute atomic E-state index is 4.83. The minimum absolute atomic E-state index is 0.128. The van der Waals surface area contributed by atoms with Crippen LogP contribution in [0.2, 0.25) is 4.66 Å². The molecule has 2 aliphatic heterocycles. The van der Waals surface area contributed by atoms with E-state index < -0.39 is 14.0 Å². The molecule has 4 nitrogen and oxygen atoms in total. The minimum Gasteiger partial charge on any atom is -0.370 e. The molecule has 0 aromatic heterocycles. The number of fused-ring (bicyclic) bond motifs is 2. The van der Waals surface area contributed by atoms with E-state index in [0.717, 1.165) is 26.2 Å². The standard InChI is InChI=1S/C35H58Br2N4Si2/c1-31(2,3)23-38-27-19-15-16-20-28(27)39(24-32(4,5)6)42(38,36)35(13,14)43(37)40(25-33(7,8)9)29-21-17-18-22-30(29)41(43)26-34(10,11)12/h15-22H,23-26H2,1-14H3. The van der Waals surface area contributed by atoms with Crippen molar-refractivity contribution in [1.82, 2.24) is 0 Å². The van der Waals surface area contributed by atoms with Crippen molar-refractivity contribution >= 4 is 67.4 Å². The van der Waals surface area contributed by atoms with Crippen molar-refractivity contribution in [2.45, 2.75) is 102 Å². The Morgan fingerprint density at radius 2 is 0.605 bits per heavy atom. The summed E-state index contributed by atoms with van der Waals surface area (Å²) in [4.78, 5) is 0. The van der Waals surface area contributed by atoms with Crippen molar-refractivity contribution in [3.05, 3.63) is 48.5 Å². The van der Waals surface area contributed by atoms with Gasteiger partial charge in [0.2, 0.25) is 0 Å². The van der Waals surface area contributed by atoms with E-state index in [1.807, 2.05) is 0 Å². The SMILES string of the molecule is CC(C)(C)CN1c2ccccc2N(CC(C)(C)C)[Si]1(Br)C(C)(C)[Si]1(Br)N(CC(C)(C)C)c2ccccc2N1CC(C)(C)C. The maximum atomic E-state index is 4.83. The van der Waals surface area contributed by atoms with Gasteiger partial charge in [-0.05, 0) is 45.9 Å². The molecule has 0 fully saturated rings.